The predicted molar refractivity (Wildman–Crippen MR) is 84.0 cm³/mol. The molecule has 0 aliphatic carbocycles. The van der Waals surface area contributed by atoms with E-state index >= 15 is 0 Å². The van der Waals surface area contributed by atoms with Gasteiger partial charge in [-0.15, -0.1) is 0 Å². The van der Waals surface area contributed by atoms with Crippen molar-refractivity contribution in [3.8, 4) is 0 Å². The van der Waals surface area contributed by atoms with Gasteiger partial charge in [-0.3, -0.25) is 4.79 Å². The van der Waals surface area contributed by atoms with Gasteiger partial charge in [-0.05, 0) is 69.7 Å². The van der Waals surface area contributed by atoms with Gasteiger partial charge in [0.25, 0.3) is 0 Å². The second kappa shape index (κ2) is 6.27. The second-order valence-electron chi connectivity index (χ2n) is 4.91. The van der Waals surface area contributed by atoms with Gasteiger partial charge in [0, 0.05) is 17.6 Å². The molecule has 104 valence electrons. The van der Waals surface area contributed by atoms with E-state index in [2.05, 4.69) is 36.8 Å². The van der Waals surface area contributed by atoms with Crippen LogP contribution in [0.4, 0.5) is 5.69 Å². The molecular weight excluding hydrogens is 374 g/mol. The van der Waals surface area contributed by atoms with Crippen LogP contribution >= 0.6 is 31.9 Å². The summed E-state index contributed by atoms with van der Waals surface area (Å²) in [5.74, 6) is -1.32. The molecule has 0 amide bonds. The maximum atomic E-state index is 11.1. The number of hydrogen-bond acceptors (Lipinski definition) is 2. The standard InChI is InChI=1S/C14H17Br2NO2/c1-9(14(18)19)10-5-6-11(13(16)12(10)15)17-7-3-2-4-8-17/h5-6,9H,2-4,7-8H2,1H3,(H,18,19). The van der Waals surface area contributed by atoms with Crippen LogP contribution in [-0.2, 0) is 4.79 Å². The fraction of sp³-hybridized carbons (Fsp3) is 0.500. The van der Waals surface area contributed by atoms with E-state index in [1.165, 1.54) is 19.3 Å². The second-order valence-corrected chi connectivity index (χ2v) is 6.50. The lowest BCUT2D eigenvalue weighted by Gasteiger charge is -2.30. The monoisotopic (exact) mass is 389 g/mol. The van der Waals surface area contributed by atoms with E-state index in [0.717, 1.165) is 33.3 Å². The molecule has 1 saturated heterocycles. The first-order chi connectivity index (χ1) is 9.02. The third-order valence-corrected chi connectivity index (χ3v) is 5.81. The number of aliphatic carboxylic acids is 1. The molecule has 1 heterocycles. The summed E-state index contributed by atoms with van der Waals surface area (Å²) < 4.78 is 1.81. The molecule has 0 aromatic heterocycles. The summed E-state index contributed by atoms with van der Waals surface area (Å²) in [7, 11) is 0. The summed E-state index contributed by atoms with van der Waals surface area (Å²) in [6.45, 7) is 3.84. The third-order valence-electron chi connectivity index (χ3n) is 3.63. The average molecular weight is 391 g/mol. The molecule has 1 aliphatic heterocycles. The highest BCUT2D eigenvalue weighted by Crippen LogP contribution is 2.39. The largest absolute Gasteiger partial charge is 0.481 e. The molecule has 2 rings (SSSR count). The quantitative estimate of drug-likeness (QED) is 0.831. The van der Waals surface area contributed by atoms with Crippen LogP contribution in [0.3, 0.4) is 0 Å². The Morgan fingerprint density at radius 3 is 2.42 bits per heavy atom. The van der Waals surface area contributed by atoms with Gasteiger partial charge in [0.05, 0.1) is 16.1 Å². The summed E-state index contributed by atoms with van der Waals surface area (Å²) in [6, 6.07) is 3.94. The predicted octanol–water partition coefficient (Wildman–Crippen LogP) is 4.39. The molecule has 0 bridgehead atoms. The molecule has 1 unspecified atom stereocenters. The lowest BCUT2D eigenvalue weighted by molar-refractivity contribution is -0.138. The number of rotatable bonds is 3. The molecule has 19 heavy (non-hydrogen) atoms. The van der Waals surface area contributed by atoms with Gasteiger partial charge in [-0.2, -0.15) is 0 Å². The Labute approximate surface area is 130 Å². The van der Waals surface area contributed by atoms with Crippen molar-refractivity contribution in [2.75, 3.05) is 18.0 Å². The highest BCUT2D eigenvalue weighted by Gasteiger charge is 2.22. The summed E-state index contributed by atoms with van der Waals surface area (Å²) in [5.41, 5.74) is 1.95. The Balaban J connectivity index is 2.33. The van der Waals surface area contributed by atoms with Crippen LogP contribution in [0.15, 0.2) is 21.1 Å². The van der Waals surface area contributed by atoms with Crippen molar-refractivity contribution < 1.29 is 9.90 Å². The molecule has 1 aliphatic rings. The highest BCUT2D eigenvalue weighted by molar-refractivity contribution is 9.13. The normalized spacial score (nSPS) is 17.3. The van der Waals surface area contributed by atoms with E-state index in [-0.39, 0.29) is 0 Å². The highest BCUT2D eigenvalue weighted by atomic mass is 79.9. The number of benzene rings is 1. The Hall–Kier alpha value is -0.550. The molecule has 1 atom stereocenters. The molecule has 0 saturated carbocycles. The van der Waals surface area contributed by atoms with E-state index in [1.54, 1.807) is 6.92 Å². The number of carboxylic acids is 1. The lowest BCUT2D eigenvalue weighted by atomic mass is 10.0. The van der Waals surface area contributed by atoms with Gasteiger partial charge in [0.1, 0.15) is 0 Å². The van der Waals surface area contributed by atoms with E-state index in [1.807, 2.05) is 12.1 Å². The van der Waals surface area contributed by atoms with Crippen molar-refractivity contribution >= 4 is 43.5 Å². The fourth-order valence-corrected chi connectivity index (χ4v) is 3.69. The van der Waals surface area contributed by atoms with Gasteiger partial charge in [-0.1, -0.05) is 6.07 Å². The summed E-state index contributed by atoms with van der Waals surface area (Å²) in [4.78, 5) is 13.5. The SMILES string of the molecule is CC(C(=O)O)c1ccc(N2CCCCC2)c(Br)c1Br. The maximum absolute atomic E-state index is 11.1. The van der Waals surface area contributed by atoms with Crippen molar-refractivity contribution in [2.24, 2.45) is 0 Å². The van der Waals surface area contributed by atoms with Crippen LogP contribution in [0.1, 0.15) is 37.7 Å². The zero-order valence-electron chi connectivity index (χ0n) is 10.8. The van der Waals surface area contributed by atoms with E-state index in [4.69, 9.17) is 5.11 Å². The molecule has 0 spiro atoms. The van der Waals surface area contributed by atoms with Gasteiger partial charge in [0.2, 0.25) is 0 Å². The van der Waals surface area contributed by atoms with Crippen molar-refractivity contribution in [3.05, 3.63) is 26.6 Å². The minimum absolute atomic E-state index is 0.513. The van der Waals surface area contributed by atoms with Crippen LogP contribution in [0.25, 0.3) is 0 Å². The summed E-state index contributed by atoms with van der Waals surface area (Å²) in [6.07, 6.45) is 3.73. The number of nitrogens with zero attached hydrogens (tertiary/aromatic N) is 1. The van der Waals surface area contributed by atoms with Crippen molar-refractivity contribution in [1.29, 1.82) is 0 Å². The van der Waals surface area contributed by atoms with Crippen LogP contribution in [0.5, 0.6) is 0 Å². The smallest absolute Gasteiger partial charge is 0.310 e. The Morgan fingerprint density at radius 2 is 1.84 bits per heavy atom. The van der Waals surface area contributed by atoms with Crippen molar-refractivity contribution in [2.45, 2.75) is 32.1 Å². The maximum Gasteiger partial charge on any atom is 0.310 e. The number of carboxylic acid groups (broad SMARTS) is 1. The number of anilines is 1. The van der Waals surface area contributed by atoms with Crippen LogP contribution < -0.4 is 4.90 Å². The topological polar surface area (TPSA) is 40.5 Å². The first-order valence-corrected chi connectivity index (χ1v) is 8.06. The zero-order valence-corrected chi connectivity index (χ0v) is 14.0. The van der Waals surface area contributed by atoms with Gasteiger partial charge in [0.15, 0.2) is 0 Å². The number of carbonyl (C=O) groups is 1. The Kier molecular flexibility index (Phi) is 4.90. The molecule has 0 radical (unpaired) electrons. The van der Waals surface area contributed by atoms with Crippen molar-refractivity contribution in [1.82, 2.24) is 0 Å². The molecule has 1 fully saturated rings. The van der Waals surface area contributed by atoms with Gasteiger partial charge >= 0.3 is 5.97 Å². The Morgan fingerprint density at radius 1 is 1.21 bits per heavy atom. The molecule has 1 N–H and O–H groups in total. The first kappa shape index (κ1) is 14.9. The van der Waals surface area contributed by atoms with E-state index in [9.17, 15) is 4.79 Å². The molecular formula is C14H17Br2NO2. The lowest BCUT2D eigenvalue weighted by Crippen LogP contribution is -2.29. The molecule has 5 heteroatoms. The molecule has 3 nitrogen and oxygen atoms in total. The summed E-state index contributed by atoms with van der Waals surface area (Å²) >= 11 is 7.13. The van der Waals surface area contributed by atoms with Gasteiger partial charge < -0.3 is 10.0 Å². The Bertz CT molecular complexity index is 485. The average Bonchev–Trinajstić information content (AvgIpc) is 2.42. The van der Waals surface area contributed by atoms with Gasteiger partial charge in [-0.25, -0.2) is 0 Å². The first-order valence-electron chi connectivity index (χ1n) is 6.48. The van der Waals surface area contributed by atoms with E-state index < -0.39 is 11.9 Å². The van der Waals surface area contributed by atoms with Crippen LogP contribution in [0, 0.1) is 0 Å². The molecule has 1 aromatic rings. The van der Waals surface area contributed by atoms with Crippen molar-refractivity contribution in [3.63, 3.8) is 0 Å². The minimum Gasteiger partial charge on any atom is -0.481 e. The number of halogens is 2. The number of piperidine rings is 1. The summed E-state index contributed by atoms with van der Waals surface area (Å²) in [5, 5.41) is 9.12. The van der Waals surface area contributed by atoms with Crippen LogP contribution in [-0.4, -0.2) is 24.2 Å². The number of hydrogen-bond donors (Lipinski definition) is 1. The fourth-order valence-electron chi connectivity index (χ4n) is 2.40. The van der Waals surface area contributed by atoms with E-state index in [0.29, 0.717) is 0 Å². The third kappa shape index (κ3) is 3.14. The van der Waals surface area contributed by atoms with Crippen LogP contribution in [0.2, 0.25) is 0 Å². The zero-order chi connectivity index (χ0) is 14.0. The molecule has 1 aromatic carbocycles. The minimum atomic E-state index is -0.807.